The summed E-state index contributed by atoms with van der Waals surface area (Å²) in [5.74, 6) is 0.241. The first kappa shape index (κ1) is 18.7. The summed E-state index contributed by atoms with van der Waals surface area (Å²) in [5.41, 5.74) is 2.12. The maximum Gasteiger partial charge on any atom is 0.224 e. The number of piperidine rings is 1. The van der Waals surface area contributed by atoms with Gasteiger partial charge in [0.2, 0.25) is 11.8 Å². The molecular weight excluding hydrogens is 372 g/mol. The fraction of sp³-hybridized carbons (Fsp3) is 0.381. The van der Waals surface area contributed by atoms with E-state index in [9.17, 15) is 9.59 Å². The molecule has 4 heterocycles. The van der Waals surface area contributed by atoms with Gasteiger partial charge in [-0.3, -0.25) is 14.6 Å². The third-order valence-electron chi connectivity index (χ3n) is 5.30. The van der Waals surface area contributed by atoms with Crippen molar-refractivity contribution in [3.63, 3.8) is 0 Å². The second kappa shape index (κ2) is 8.56. The highest BCUT2D eigenvalue weighted by atomic mass is 32.1. The van der Waals surface area contributed by atoms with Crippen molar-refractivity contribution in [3.8, 4) is 0 Å². The zero-order chi connectivity index (χ0) is 19.3. The monoisotopic (exact) mass is 396 g/mol. The lowest BCUT2D eigenvalue weighted by Gasteiger charge is -2.32. The molecule has 0 aliphatic carbocycles. The minimum atomic E-state index is 0.0660. The molecule has 0 unspecified atom stereocenters. The van der Waals surface area contributed by atoms with Crippen LogP contribution in [-0.4, -0.2) is 45.4 Å². The summed E-state index contributed by atoms with van der Waals surface area (Å²) in [6.45, 7) is 2.07. The molecule has 0 radical (unpaired) electrons. The summed E-state index contributed by atoms with van der Waals surface area (Å²) >= 11 is 1.61. The molecule has 7 heteroatoms. The van der Waals surface area contributed by atoms with E-state index >= 15 is 0 Å². The van der Waals surface area contributed by atoms with Crippen LogP contribution in [0.5, 0.6) is 0 Å². The molecule has 3 aromatic rings. The number of thiophene rings is 1. The largest absolute Gasteiger partial charge is 0.353 e. The van der Waals surface area contributed by atoms with Crippen molar-refractivity contribution < 1.29 is 9.59 Å². The molecule has 1 aliphatic rings. The molecule has 0 atom stereocenters. The molecule has 0 spiro atoms. The van der Waals surface area contributed by atoms with Crippen LogP contribution >= 0.6 is 11.3 Å². The summed E-state index contributed by atoms with van der Waals surface area (Å²) in [7, 11) is 0. The quantitative estimate of drug-likeness (QED) is 0.697. The van der Waals surface area contributed by atoms with Crippen LogP contribution in [-0.2, 0) is 22.6 Å². The van der Waals surface area contributed by atoms with Crippen LogP contribution in [0.2, 0.25) is 0 Å². The second-order valence-electron chi connectivity index (χ2n) is 7.22. The zero-order valence-corrected chi connectivity index (χ0v) is 16.5. The summed E-state index contributed by atoms with van der Waals surface area (Å²) in [4.78, 5) is 30.8. The lowest BCUT2D eigenvalue weighted by atomic mass is 10.0. The fourth-order valence-corrected chi connectivity index (χ4v) is 4.40. The Balaban J connectivity index is 1.22. The van der Waals surface area contributed by atoms with Crippen LogP contribution in [0.3, 0.4) is 0 Å². The number of amides is 2. The van der Waals surface area contributed by atoms with Gasteiger partial charge in [0.25, 0.3) is 0 Å². The van der Waals surface area contributed by atoms with Crippen molar-refractivity contribution in [2.45, 2.75) is 38.3 Å². The first-order chi connectivity index (χ1) is 13.7. The topological polar surface area (TPSA) is 67.2 Å². The minimum Gasteiger partial charge on any atom is -0.353 e. The Labute approximate surface area is 168 Å². The van der Waals surface area contributed by atoms with Gasteiger partial charge in [0.05, 0.1) is 18.1 Å². The van der Waals surface area contributed by atoms with Crippen LogP contribution in [0.25, 0.3) is 10.9 Å². The zero-order valence-electron chi connectivity index (χ0n) is 15.7. The summed E-state index contributed by atoms with van der Waals surface area (Å²) in [6.07, 6.45) is 8.17. The van der Waals surface area contributed by atoms with Crippen molar-refractivity contribution in [1.29, 1.82) is 0 Å². The number of fused-ring (bicyclic) bond motifs is 1. The molecule has 146 valence electrons. The van der Waals surface area contributed by atoms with Gasteiger partial charge in [-0.15, -0.1) is 0 Å². The van der Waals surface area contributed by atoms with E-state index in [2.05, 4.69) is 14.9 Å². The van der Waals surface area contributed by atoms with Gasteiger partial charge in [0.15, 0.2) is 0 Å². The van der Waals surface area contributed by atoms with E-state index in [1.807, 2.05) is 46.3 Å². The van der Waals surface area contributed by atoms with E-state index in [-0.39, 0.29) is 17.9 Å². The molecule has 28 heavy (non-hydrogen) atoms. The number of carbonyl (C=O) groups excluding carboxylic acids is 2. The van der Waals surface area contributed by atoms with Gasteiger partial charge in [-0.2, -0.15) is 11.3 Å². The Morgan fingerprint density at radius 1 is 1.21 bits per heavy atom. The highest BCUT2D eigenvalue weighted by Crippen LogP contribution is 2.16. The van der Waals surface area contributed by atoms with Crippen molar-refractivity contribution in [2.75, 3.05) is 13.1 Å². The molecule has 0 bridgehead atoms. The second-order valence-corrected chi connectivity index (χ2v) is 8.00. The van der Waals surface area contributed by atoms with E-state index in [4.69, 9.17) is 0 Å². The number of hydrogen-bond donors (Lipinski definition) is 1. The van der Waals surface area contributed by atoms with E-state index in [0.29, 0.717) is 32.5 Å². The number of nitrogens with zero attached hydrogens (tertiary/aromatic N) is 3. The predicted molar refractivity (Wildman–Crippen MR) is 110 cm³/mol. The number of aromatic nitrogens is 2. The Bertz CT molecular complexity index is 942. The molecule has 1 N–H and O–H groups in total. The van der Waals surface area contributed by atoms with Crippen molar-refractivity contribution in [1.82, 2.24) is 19.8 Å². The number of likely N-dealkylation sites (tertiary alicyclic amines) is 1. The molecule has 3 aromatic heterocycles. The molecule has 2 amide bonds. The molecule has 1 aliphatic heterocycles. The van der Waals surface area contributed by atoms with Gasteiger partial charge in [-0.25, -0.2) is 0 Å². The van der Waals surface area contributed by atoms with Gasteiger partial charge in [0, 0.05) is 49.9 Å². The number of rotatable bonds is 6. The fourth-order valence-electron chi connectivity index (χ4n) is 3.73. The Kier molecular flexibility index (Phi) is 5.71. The lowest BCUT2D eigenvalue weighted by molar-refractivity contribution is -0.132. The average Bonchev–Trinajstić information content (AvgIpc) is 3.36. The Morgan fingerprint density at radius 3 is 2.86 bits per heavy atom. The Morgan fingerprint density at radius 2 is 2.07 bits per heavy atom. The Hall–Kier alpha value is -2.67. The number of hydrogen-bond acceptors (Lipinski definition) is 4. The molecule has 0 aromatic carbocycles. The van der Waals surface area contributed by atoms with Gasteiger partial charge in [-0.1, -0.05) is 0 Å². The van der Waals surface area contributed by atoms with Crippen LogP contribution in [0, 0.1) is 0 Å². The van der Waals surface area contributed by atoms with E-state index in [1.54, 1.807) is 17.5 Å². The van der Waals surface area contributed by atoms with Crippen molar-refractivity contribution >= 4 is 34.1 Å². The van der Waals surface area contributed by atoms with Crippen LogP contribution in [0.4, 0.5) is 0 Å². The minimum absolute atomic E-state index is 0.0660. The molecule has 4 rings (SSSR count). The normalized spacial score (nSPS) is 15.1. The third kappa shape index (κ3) is 4.42. The average molecular weight is 397 g/mol. The maximum atomic E-state index is 12.6. The van der Waals surface area contributed by atoms with E-state index in [1.165, 1.54) is 0 Å². The van der Waals surface area contributed by atoms with E-state index in [0.717, 1.165) is 29.3 Å². The maximum absolute atomic E-state index is 12.6. The number of aryl methyl sites for hydroxylation is 1. The first-order valence-electron chi connectivity index (χ1n) is 9.66. The van der Waals surface area contributed by atoms with Gasteiger partial charge < -0.3 is 14.8 Å². The summed E-state index contributed by atoms with van der Waals surface area (Å²) < 4.78 is 2.08. The highest BCUT2D eigenvalue weighted by molar-refractivity contribution is 7.08. The number of nitrogens with one attached hydrogen (secondary N) is 1. The molecule has 6 nitrogen and oxygen atoms in total. The first-order valence-corrected chi connectivity index (χ1v) is 10.6. The molecule has 0 saturated carbocycles. The number of pyridine rings is 1. The third-order valence-corrected chi connectivity index (χ3v) is 6.03. The van der Waals surface area contributed by atoms with E-state index < -0.39 is 0 Å². The number of carbonyl (C=O) groups is 2. The van der Waals surface area contributed by atoms with Gasteiger partial charge in [-0.05, 0) is 47.4 Å². The van der Waals surface area contributed by atoms with Gasteiger partial charge in [0.1, 0.15) is 0 Å². The van der Waals surface area contributed by atoms with Crippen LogP contribution in [0.15, 0.2) is 47.5 Å². The summed E-state index contributed by atoms with van der Waals surface area (Å²) in [6, 6.07) is 6.17. The molecule has 1 saturated heterocycles. The molecular formula is C21H24N4O2S. The highest BCUT2D eigenvalue weighted by Gasteiger charge is 2.23. The van der Waals surface area contributed by atoms with Crippen LogP contribution in [0.1, 0.15) is 24.8 Å². The standard InChI is InChI=1S/C21H24N4O2S/c26-20(13-16-6-12-28-15-16)23-18-3-9-25(10-4-18)21(27)5-11-24-8-2-17-1-7-22-14-19(17)24/h1-2,6-8,12,14-15,18H,3-5,9-11,13H2,(H,23,26). The van der Waals surface area contributed by atoms with Crippen LogP contribution < -0.4 is 5.32 Å². The van der Waals surface area contributed by atoms with Gasteiger partial charge >= 0.3 is 0 Å². The lowest BCUT2D eigenvalue weighted by Crippen LogP contribution is -2.47. The van der Waals surface area contributed by atoms with Crippen molar-refractivity contribution in [3.05, 3.63) is 53.1 Å². The smallest absolute Gasteiger partial charge is 0.224 e. The molecule has 1 fully saturated rings. The predicted octanol–water partition coefficient (Wildman–Crippen LogP) is 2.84. The summed E-state index contributed by atoms with van der Waals surface area (Å²) in [5, 5.41) is 8.24. The van der Waals surface area contributed by atoms with Crippen molar-refractivity contribution in [2.24, 2.45) is 0 Å². The SMILES string of the molecule is O=C(Cc1ccsc1)NC1CCN(C(=O)CCn2ccc3ccncc32)CC1.